The van der Waals surface area contributed by atoms with Crippen molar-refractivity contribution in [2.75, 3.05) is 21.3 Å². The van der Waals surface area contributed by atoms with Gasteiger partial charge in [-0.1, -0.05) is 17.3 Å². The van der Waals surface area contributed by atoms with Gasteiger partial charge in [0, 0.05) is 11.6 Å². The molecule has 0 aliphatic rings. The first kappa shape index (κ1) is 14.1. The van der Waals surface area contributed by atoms with Crippen molar-refractivity contribution in [3.05, 3.63) is 29.3 Å². The number of nitrogens with zero attached hydrogens (tertiary/aromatic N) is 1. The summed E-state index contributed by atoms with van der Waals surface area (Å²) in [6.45, 7) is 3.83. The minimum atomic E-state index is 0.709. The van der Waals surface area contributed by atoms with Crippen LogP contribution in [0.1, 0.15) is 25.0 Å². The first-order valence-corrected chi connectivity index (χ1v) is 5.64. The van der Waals surface area contributed by atoms with Crippen LogP contribution in [0.5, 0.6) is 11.5 Å². The van der Waals surface area contributed by atoms with E-state index in [0.717, 1.165) is 22.6 Å². The maximum Gasteiger partial charge on any atom is 0.132 e. The summed E-state index contributed by atoms with van der Waals surface area (Å²) in [5.74, 6) is 1.45. The smallest absolute Gasteiger partial charge is 0.132 e. The largest absolute Gasteiger partial charge is 0.497 e. The highest BCUT2D eigenvalue weighted by Crippen LogP contribution is 2.30. The topological polar surface area (TPSA) is 40.0 Å². The van der Waals surface area contributed by atoms with Crippen molar-refractivity contribution in [1.82, 2.24) is 0 Å². The number of hydrogen-bond donors (Lipinski definition) is 0. The Morgan fingerprint density at radius 3 is 2.39 bits per heavy atom. The van der Waals surface area contributed by atoms with Crippen molar-refractivity contribution in [2.24, 2.45) is 5.16 Å². The van der Waals surface area contributed by atoms with Crippen molar-refractivity contribution in [2.45, 2.75) is 13.8 Å². The molecule has 0 saturated carbocycles. The molecule has 4 heteroatoms. The summed E-state index contributed by atoms with van der Waals surface area (Å²) in [5, 5.41) is 3.96. The summed E-state index contributed by atoms with van der Waals surface area (Å²) in [4.78, 5) is 4.82. The Labute approximate surface area is 108 Å². The zero-order valence-corrected chi connectivity index (χ0v) is 11.5. The van der Waals surface area contributed by atoms with Gasteiger partial charge in [-0.2, -0.15) is 0 Å². The van der Waals surface area contributed by atoms with Crippen molar-refractivity contribution >= 4 is 11.8 Å². The zero-order chi connectivity index (χ0) is 13.5. The van der Waals surface area contributed by atoms with E-state index in [0.29, 0.717) is 5.75 Å². The molecule has 1 aromatic rings. The Morgan fingerprint density at radius 2 is 1.89 bits per heavy atom. The molecular weight excluding hydrogens is 230 g/mol. The molecule has 1 aromatic carbocycles. The Morgan fingerprint density at radius 1 is 1.17 bits per heavy atom. The van der Waals surface area contributed by atoms with Crippen LogP contribution in [0.25, 0.3) is 6.08 Å². The van der Waals surface area contributed by atoms with Gasteiger partial charge in [0.05, 0.1) is 19.9 Å². The second kappa shape index (κ2) is 6.69. The van der Waals surface area contributed by atoms with Crippen LogP contribution < -0.4 is 9.47 Å². The van der Waals surface area contributed by atoms with E-state index in [2.05, 4.69) is 5.16 Å². The molecule has 0 aromatic heterocycles. The third kappa shape index (κ3) is 3.03. The van der Waals surface area contributed by atoms with Crippen molar-refractivity contribution in [3.63, 3.8) is 0 Å². The second-order valence-electron chi connectivity index (χ2n) is 3.65. The van der Waals surface area contributed by atoms with Crippen LogP contribution in [-0.4, -0.2) is 27.0 Å². The third-order valence-corrected chi connectivity index (χ3v) is 2.50. The average molecular weight is 249 g/mol. The lowest BCUT2D eigenvalue weighted by Gasteiger charge is -2.13. The third-order valence-electron chi connectivity index (χ3n) is 2.50. The van der Waals surface area contributed by atoms with Crippen LogP contribution >= 0.6 is 0 Å². The maximum atomic E-state index is 5.39. The molecule has 0 unspecified atom stereocenters. The number of ether oxygens (including phenoxy) is 2. The Hall–Kier alpha value is -1.97. The molecule has 0 aliphatic carbocycles. The summed E-state index contributed by atoms with van der Waals surface area (Å²) < 4.78 is 10.6. The quantitative estimate of drug-likeness (QED) is 0.594. The van der Waals surface area contributed by atoms with Crippen LogP contribution in [0.4, 0.5) is 0 Å². The van der Waals surface area contributed by atoms with Gasteiger partial charge in [-0.25, -0.2) is 0 Å². The SMILES string of the molecule is C/C=C/c1cc(OC)cc(OC)c1C(C)=NOC. The van der Waals surface area contributed by atoms with E-state index in [4.69, 9.17) is 14.3 Å². The number of benzene rings is 1. The van der Waals surface area contributed by atoms with E-state index in [1.54, 1.807) is 14.2 Å². The molecule has 0 heterocycles. The predicted octanol–water partition coefficient (Wildman–Crippen LogP) is 3.11. The summed E-state index contributed by atoms with van der Waals surface area (Å²) in [5.41, 5.74) is 2.63. The van der Waals surface area contributed by atoms with E-state index in [1.165, 1.54) is 7.11 Å². The van der Waals surface area contributed by atoms with Crippen molar-refractivity contribution < 1.29 is 14.3 Å². The van der Waals surface area contributed by atoms with Gasteiger partial charge in [0.2, 0.25) is 0 Å². The maximum absolute atomic E-state index is 5.39. The molecular formula is C14H19NO3. The fraction of sp³-hybridized carbons (Fsp3) is 0.357. The molecule has 4 nitrogen and oxygen atoms in total. The number of hydrogen-bond acceptors (Lipinski definition) is 4. The number of oxime groups is 1. The fourth-order valence-electron chi connectivity index (χ4n) is 1.77. The summed E-state index contributed by atoms with van der Waals surface area (Å²) in [6.07, 6.45) is 3.94. The van der Waals surface area contributed by atoms with Gasteiger partial charge in [-0.05, 0) is 25.5 Å². The van der Waals surface area contributed by atoms with E-state index in [9.17, 15) is 0 Å². The van der Waals surface area contributed by atoms with Gasteiger partial charge in [0.25, 0.3) is 0 Å². The number of methoxy groups -OCH3 is 2. The lowest BCUT2D eigenvalue weighted by molar-refractivity contribution is 0.213. The first-order chi connectivity index (χ1) is 8.67. The number of rotatable bonds is 5. The van der Waals surface area contributed by atoms with Gasteiger partial charge in [-0.3, -0.25) is 0 Å². The normalized spacial score (nSPS) is 11.7. The predicted molar refractivity (Wildman–Crippen MR) is 73.5 cm³/mol. The highest BCUT2D eigenvalue weighted by molar-refractivity contribution is 6.04. The molecule has 18 heavy (non-hydrogen) atoms. The monoisotopic (exact) mass is 249 g/mol. The van der Waals surface area contributed by atoms with Crippen LogP contribution in [0, 0.1) is 0 Å². The van der Waals surface area contributed by atoms with Crippen molar-refractivity contribution in [3.8, 4) is 11.5 Å². The molecule has 0 N–H and O–H groups in total. The Bertz CT molecular complexity index is 464. The average Bonchev–Trinajstić information content (AvgIpc) is 2.38. The fourth-order valence-corrected chi connectivity index (χ4v) is 1.77. The van der Waals surface area contributed by atoms with Crippen molar-refractivity contribution in [1.29, 1.82) is 0 Å². The van der Waals surface area contributed by atoms with E-state index in [1.807, 2.05) is 38.1 Å². The molecule has 0 amide bonds. The summed E-state index contributed by atoms with van der Waals surface area (Å²) in [7, 11) is 4.77. The van der Waals surface area contributed by atoms with Gasteiger partial charge in [0.15, 0.2) is 0 Å². The van der Waals surface area contributed by atoms with Gasteiger partial charge in [0.1, 0.15) is 18.6 Å². The molecule has 98 valence electrons. The molecule has 0 spiro atoms. The van der Waals surface area contributed by atoms with Crippen LogP contribution in [0.15, 0.2) is 23.4 Å². The van der Waals surface area contributed by atoms with Crippen LogP contribution in [0.3, 0.4) is 0 Å². The number of allylic oxidation sites excluding steroid dienone is 1. The van der Waals surface area contributed by atoms with Gasteiger partial charge < -0.3 is 14.3 Å². The Balaban J connectivity index is 3.48. The molecule has 0 fully saturated rings. The van der Waals surface area contributed by atoms with Crippen LogP contribution in [-0.2, 0) is 4.84 Å². The molecule has 0 radical (unpaired) electrons. The Kier molecular flexibility index (Phi) is 5.24. The first-order valence-electron chi connectivity index (χ1n) is 5.64. The minimum Gasteiger partial charge on any atom is -0.497 e. The summed E-state index contributed by atoms with van der Waals surface area (Å²) in [6, 6.07) is 3.77. The van der Waals surface area contributed by atoms with E-state index in [-0.39, 0.29) is 0 Å². The minimum absolute atomic E-state index is 0.709. The van der Waals surface area contributed by atoms with E-state index < -0.39 is 0 Å². The molecule has 1 rings (SSSR count). The van der Waals surface area contributed by atoms with E-state index >= 15 is 0 Å². The molecule has 0 atom stereocenters. The highest BCUT2D eigenvalue weighted by Gasteiger charge is 2.13. The lowest BCUT2D eigenvalue weighted by Crippen LogP contribution is -2.03. The summed E-state index contributed by atoms with van der Waals surface area (Å²) >= 11 is 0. The van der Waals surface area contributed by atoms with Gasteiger partial charge >= 0.3 is 0 Å². The van der Waals surface area contributed by atoms with Crippen LogP contribution in [0.2, 0.25) is 0 Å². The van der Waals surface area contributed by atoms with Gasteiger partial charge in [-0.15, -0.1) is 0 Å². The highest BCUT2D eigenvalue weighted by atomic mass is 16.6. The molecule has 0 bridgehead atoms. The second-order valence-corrected chi connectivity index (χ2v) is 3.65. The zero-order valence-electron chi connectivity index (χ0n) is 11.5. The molecule has 0 aliphatic heterocycles. The molecule has 0 saturated heterocycles. The standard InChI is InChI=1S/C14H19NO3/c1-6-7-11-8-12(16-3)9-13(17-4)14(11)10(2)15-18-5/h6-9H,1-5H3/b7-6+,15-10?. The lowest BCUT2D eigenvalue weighted by atomic mass is 10.0.